The number of hydrogen-bond acceptors (Lipinski definition) is 5. The molecule has 0 saturated carbocycles. The molecular formula is C18H21NO5. The molecule has 1 heterocycles. The van der Waals surface area contributed by atoms with Crippen LogP contribution in [0.25, 0.3) is 0 Å². The van der Waals surface area contributed by atoms with Crippen LogP contribution in [0.3, 0.4) is 0 Å². The number of nitrogens with zero attached hydrogens (tertiary/aromatic N) is 1. The molecule has 0 fully saturated rings. The summed E-state index contributed by atoms with van der Waals surface area (Å²) in [4.78, 5) is 37.0. The lowest BCUT2D eigenvalue weighted by molar-refractivity contribution is -0.146. The van der Waals surface area contributed by atoms with Gasteiger partial charge in [0.2, 0.25) is 0 Å². The van der Waals surface area contributed by atoms with Crippen LogP contribution in [0.4, 0.5) is 0 Å². The van der Waals surface area contributed by atoms with Crippen molar-refractivity contribution in [1.82, 2.24) is 4.90 Å². The molecule has 1 aliphatic rings. The number of aliphatic hydroxyl groups is 1. The van der Waals surface area contributed by atoms with E-state index in [0.717, 1.165) is 10.5 Å². The maximum Gasteiger partial charge on any atom is 0.325 e. The Hall–Kier alpha value is -2.63. The topological polar surface area (TPSA) is 83.9 Å². The number of esters is 1. The van der Waals surface area contributed by atoms with Gasteiger partial charge in [-0.3, -0.25) is 14.4 Å². The number of amides is 1. The van der Waals surface area contributed by atoms with Gasteiger partial charge in [0.25, 0.3) is 5.91 Å². The molecule has 1 atom stereocenters. The molecule has 6 nitrogen and oxygen atoms in total. The van der Waals surface area contributed by atoms with E-state index in [1.165, 1.54) is 14.0 Å². The number of benzene rings is 1. The lowest BCUT2D eigenvalue weighted by Gasteiger charge is -2.25. The molecule has 0 aliphatic carbocycles. The molecule has 128 valence electrons. The van der Waals surface area contributed by atoms with Crippen molar-refractivity contribution in [1.29, 1.82) is 0 Å². The third-order valence-corrected chi connectivity index (χ3v) is 4.13. The summed E-state index contributed by atoms with van der Waals surface area (Å²) < 4.78 is 4.61. The lowest BCUT2D eigenvalue weighted by Crippen LogP contribution is -2.36. The molecule has 1 aromatic rings. The Labute approximate surface area is 140 Å². The van der Waals surface area contributed by atoms with E-state index in [9.17, 15) is 19.5 Å². The highest BCUT2D eigenvalue weighted by molar-refractivity contribution is 6.08. The number of carbonyl (C=O) groups is 3. The monoisotopic (exact) mass is 331 g/mol. The summed E-state index contributed by atoms with van der Waals surface area (Å²) in [6.45, 7) is 5.07. The van der Waals surface area contributed by atoms with E-state index >= 15 is 0 Å². The molecule has 6 heteroatoms. The van der Waals surface area contributed by atoms with Crippen LogP contribution in [0.15, 0.2) is 35.6 Å². The highest BCUT2D eigenvalue weighted by Gasteiger charge is 2.43. The maximum absolute atomic E-state index is 12.3. The summed E-state index contributed by atoms with van der Waals surface area (Å²) in [5.74, 6) is -2.05. The minimum absolute atomic E-state index is 0.00111. The highest BCUT2D eigenvalue weighted by Crippen LogP contribution is 2.37. The quantitative estimate of drug-likeness (QED) is 0.837. The number of Topliss-reactive ketones (excluding diaryl/α,β-unsaturated/α-hetero) is 1. The van der Waals surface area contributed by atoms with Crippen LogP contribution in [0.5, 0.6) is 0 Å². The second-order valence-corrected chi connectivity index (χ2v) is 6.05. The summed E-state index contributed by atoms with van der Waals surface area (Å²) in [6, 6.07) is 6.63. The van der Waals surface area contributed by atoms with Gasteiger partial charge in [-0.05, 0) is 24.0 Å². The fourth-order valence-corrected chi connectivity index (χ4v) is 2.79. The van der Waals surface area contributed by atoms with Crippen LogP contribution in [0.2, 0.25) is 0 Å². The second kappa shape index (κ2) is 6.86. The number of ether oxygens (including phenoxy) is 1. The number of rotatable bonds is 5. The Kier molecular flexibility index (Phi) is 5.07. The van der Waals surface area contributed by atoms with Gasteiger partial charge in [0.15, 0.2) is 11.5 Å². The van der Waals surface area contributed by atoms with E-state index in [4.69, 9.17) is 0 Å². The van der Waals surface area contributed by atoms with Crippen LogP contribution >= 0.6 is 0 Å². The van der Waals surface area contributed by atoms with Crippen molar-refractivity contribution < 1.29 is 24.2 Å². The molecule has 1 N–H and O–H groups in total. The zero-order valence-electron chi connectivity index (χ0n) is 14.2. The summed E-state index contributed by atoms with van der Waals surface area (Å²) in [7, 11) is 1.22. The minimum Gasteiger partial charge on any atom is -0.503 e. The van der Waals surface area contributed by atoms with Crippen LogP contribution < -0.4 is 0 Å². The molecule has 0 spiro atoms. The number of carbonyl (C=O) groups excluding carboxylic acids is 3. The minimum atomic E-state index is -0.796. The third kappa shape index (κ3) is 3.18. The van der Waals surface area contributed by atoms with Crippen LogP contribution in [-0.2, 0) is 19.1 Å². The van der Waals surface area contributed by atoms with Gasteiger partial charge in [-0.25, -0.2) is 0 Å². The van der Waals surface area contributed by atoms with Crippen molar-refractivity contribution in [2.45, 2.75) is 32.7 Å². The maximum atomic E-state index is 12.3. The molecule has 0 saturated heterocycles. The van der Waals surface area contributed by atoms with Gasteiger partial charge >= 0.3 is 5.97 Å². The third-order valence-electron chi connectivity index (χ3n) is 4.13. The van der Waals surface area contributed by atoms with Gasteiger partial charge in [-0.2, -0.15) is 0 Å². The number of methoxy groups -OCH3 is 1. The van der Waals surface area contributed by atoms with Crippen LogP contribution in [0, 0.1) is 0 Å². The molecular weight excluding hydrogens is 310 g/mol. The molecule has 1 amide bonds. The SMILES string of the molecule is COC(=O)CN1C(=O)C(O)=C(C(C)=O)C1c1ccc(C(C)C)cc1. The predicted octanol–water partition coefficient (Wildman–Crippen LogP) is 2.27. The first kappa shape index (κ1) is 17.7. The summed E-state index contributed by atoms with van der Waals surface area (Å²) in [5.41, 5.74) is 1.77. The first-order chi connectivity index (χ1) is 11.3. The van der Waals surface area contributed by atoms with Crippen molar-refractivity contribution >= 4 is 17.7 Å². The first-order valence-corrected chi connectivity index (χ1v) is 7.69. The average Bonchev–Trinajstić information content (AvgIpc) is 2.79. The Bertz CT molecular complexity index is 703. The molecule has 1 unspecified atom stereocenters. The largest absolute Gasteiger partial charge is 0.503 e. The van der Waals surface area contributed by atoms with E-state index < -0.39 is 29.5 Å². The van der Waals surface area contributed by atoms with Crippen LogP contribution in [0.1, 0.15) is 43.9 Å². The fourth-order valence-electron chi connectivity index (χ4n) is 2.79. The number of aliphatic hydroxyl groups excluding tert-OH is 1. The Morgan fingerprint density at radius 3 is 2.29 bits per heavy atom. The zero-order chi connectivity index (χ0) is 18.0. The average molecular weight is 331 g/mol. The fraction of sp³-hybridized carbons (Fsp3) is 0.389. The zero-order valence-corrected chi connectivity index (χ0v) is 14.2. The number of ketones is 1. The summed E-state index contributed by atoms with van der Waals surface area (Å²) in [5, 5.41) is 10.1. The highest BCUT2D eigenvalue weighted by atomic mass is 16.5. The Morgan fingerprint density at radius 2 is 1.83 bits per heavy atom. The molecule has 0 bridgehead atoms. The molecule has 1 aromatic carbocycles. The summed E-state index contributed by atoms with van der Waals surface area (Å²) in [6.07, 6.45) is 0. The van der Waals surface area contributed by atoms with Gasteiger partial charge in [-0.15, -0.1) is 0 Å². The molecule has 1 aliphatic heterocycles. The van der Waals surface area contributed by atoms with E-state index in [2.05, 4.69) is 18.6 Å². The number of hydrogen-bond donors (Lipinski definition) is 1. The van der Waals surface area contributed by atoms with Gasteiger partial charge in [0.05, 0.1) is 18.7 Å². The van der Waals surface area contributed by atoms with E-state index in [0.29, 0.717) is 11.5 Å². The van der Waals surface area contributed by atoms with Gasteiger partial charge < -0.3 is 14.7 Å². The first-order valence-electron chi connectivity index (χ1n) is 7.69. The molecule has 0 aromatic heterocycles. The van der Waals surface area contributed by atoms with Crippen molar-refractivity contribution in [2.24, 2.45) is 0 Å². The van der Waals surface area contributed by atoms with Gasteiger partial charge in [0, 0.05) is 0 Å². The normalized spacial score (nSPS) is 17.6. The Balaban J connectivity index is 2.48. The lowest BCUT2D eigenvalue weighted by atomic mass is 9.94. The van der Waals surface area contributed by atoms with E-state index in [1.54, 1.807) is 12.1 Å². The van der Waals surface area contributed by atoms with Crippen molar-refractivity contribution in [3.05, 3.63) is 46.7 Å². The standard InChI is InChI=1S/C18H21NO5/c1-10(2)12-5-7-13(8-6-12)16-15(11(3)20)17(22)18(23)19(16)9-14(21)24-4/h5-8,10,16,22H,9H2,1-4H3. The van der Waals surface area contributed by atoms with E-state index in [-0.39, 0.29) is 12.1 Å². The predicted molar refractivity (Wildman–Crippen MR) is 87.3 cm³/mol. The molecule has 2 rings (SSSR count). The summed E-state index contributed by atoms with van der Waals surface area (Å²) >= 11 is 0. The van der Waals surface area contributed by atoms with Gasteiger partial charge in [-0.1, -0.05) is 38.1 Å². The second-order valence-electron chi connectivity index (χ2n) is 6.05. The molecule has 0 radical (unpaired) electrons. The van der Waals surface area contributed by atoms with Crippen molar-refractivity contribution in [3.8, 4) is 0 Å². The van der Waals surface area contributed by atoms with Gasteiger partial charge in [0.1, 0.15) is 6.54 Å². The van der Waals surface area contributed by atoms with Crippen LogP contribution in [-0.4, -0.2) is 41.3 Å². The smallest absolute Gasteiger partial charge is 0.325 e. The van der Waals surface area contributed by atoms with Crippen molar-refractivity contribution in [2.75, 3.05) is 13.7 Å². The Morgan fingerprint density at radius 1 is 1.25 bits per heavy atom. The van der Waals surface area contributed by atoms with Crippen molar-refractivity contribution in [3.63, 3.8) is 0 Å². The van der Waals surface area contributed by atoms with E-state index in [1.807, 2.05) is 12.1 Å². The molecule has 24 heavy (non-hydrogen) atoms.